The monoisotopic (exact) mass is 392 g/mol. The number of anilines is 1. The second-order valence-corrected chi connectivity index (χ2v) is 7.17. The highest BCUT2D eigenvalue weighted by Gasteiger charge is 2.19. The Labute approximate surface area is 174 Å². The average molecular weight is 393 g/mol. The number of imidazole rings is 1. The molecule has 0 spiro atoms. The maximum Gasteiger partial charge on any atom is 0.254 e. The minimum Gasteiger partial charge on any atom is -0.377 e. The van der Waals surface area contributed by atoms with Gasteiger partial charge in [0, 0.05) is 38.6 Å². The largest absolute Gasteiger partial charge is 0.377 e. The van der Waals surface area contributed by atoms with E-state index in [2.05, 4.69) is 52.1 Å². The third-order valence-corrected chi connectivity index (χ3v) is 4.79. The molecule has 1 heterocycles. The minimum absolute atomic E-state index is 0.000776. The van der Waals surface area contributed by atoms with E-state index in [4.69, 9.17) is 0 Å². The van der Waals surface area contributed by atoms with E-state index in [1.807, 2.05) is 48.0 Å². The molecule has 0 radical (unpaired) electrons. The summed E-state index contributed by atoms with van der Waals surface area (Å²) in [6, 6.07) is 12.5. The van der Waals surface area contributed by atoms with Crippen LogP contribution in [-0.4, -0.2) is 41.9 Å². The van der Waals surface area contributed by atoms with Gasteiger partial charge in [-0.05, 0) is 42.7 Å². The fraction of sp³-hybridized carbons (Fsp3) is 0.333. The van der Waals surface area contributed by atoms with Gasteiger partial charge in [-0.25, -0.2) is 4.98 Å². The highest BCUT2D eigenvalue weighted by molar-refractivity contribution is 5.98. The van der Waals surface area contributed by atoms with Gasteiger partial charge in [0.15, 0.2) is 0 Å². The summed E-state index contributed by atoms with van der Waals surface area (Å²) in [5.41, 5.74) is 7.03. The second-order valence-electron chi connectivity index (χ2n) is 7.17. The summed E-state index contributed by atoms with van der Waals surface area (Å²) in [6.45, 7) is 8.57. The van der Waals surface area contributed by atoms with Crippen molar-refractivity contribution in [3.8, 4) is 11.1 Å². The molecule has 0 unspecified atom stereocenters. The Bertz CT molecular complexity index is 928. The second kappa shape index (κ2) is 9.92. The number of benzene rings is 2. The fourth-order valence-corrected chi connectivity index (χ4v) is 3.20. The molecule has 2 aromatic carbocycles. The quantitative estimate of drug-likeness (QED) is 0.660. The predicted molar refractivity (Wildman–Crippen MR) is 121 cm³/mol. The lowest BCUT2D eigenvalue weighted by Gasteiger charge is -2.23. The van der Waals surface area contributed by atoms with E-state index in [1.54, 1.807) is 17.4 Å². The number of nitrogens with zero attached hydrogens (tertiary/aromatic N) is 3. The van der Waals surface area contributed by atoms with Crippen molar-refractivity contribution in [3.63, 3.8) is 0 Å². The Morgan fingerprint density at radius 1 is 1.00 bits per heavy atom. The topological polar surface area (TPSA) is 52.2 Å². The summed E-state index contributed by atoms with van der Waals surface area (Å²) in [5, 5.41) is 0. The number of carbonyl (C=O) groups is 1. The number of hydrogen-bond acceptors (Lipinski definition) is 3. The standard InChI is InChI=1S/C22H26N4O.C2H6/c1-15-6-8-17(9-7-15)18-10-20(16(2)21(11-18)25(3)4)22(27)26(5)13-19-12-23-14-24-19;1-2/h6-12,14H,13H2,1-5H3,(H,23,24);1-2H3. The molecule has 0 fully saturated rings. The Balaban J connectivity index is 0.00000145. The SMILES string of the molecule is CC.Cc1ccc(-c2cc(C(=O)N(C)Cc3cnc[nH]3)c(C)c(N(C)C)c2)cc1. The number of aromatic nitrogens is 2. The van der Waals surface area contributed by atoms with Gasteiger partial charge < -0.3 is 14.8 Å². The van der Waals surface area contributed by atoms with Crippen molar-refractivity contribution >= 4 is 11.6 Å². The van der Waals surface area contributed by atoms with Crippen LogP contribution in [0.25, 0.3) is 11.1 Å². The number of aryl methyl sites for hydroxylation is 1. The first-order chi connectivity index (χ1) is 13.9. The van der Waals surface area contributed by atoms with Crippen LogP contribution in [0.15, 0.2) is 48.9 Å². The third-order valence-electron chi connectivity index (χ3n) is 4.79. The van der Waals surface area contributed by atoms with Crippen LogP contribution in [0.3, 0.4) is 0 Å². The van der Waals surface area contributed by atoms with Crippen molar-refractivity contribution in [2.45, 2.75) is 34.2 Å². The molecule has 1 aromatic heterocycles. The molecule has 0 bridgehead atoms. The molecule has 0 aliphatic carbocycles. The maximum atomic E-state index is 13.2. The van der Waals surface area contributed by atoms with Gasteiger partial charge in [-0.15, -0.1) is 0 Å². The minimum atomic E-state index is -0.000776. The van der Waals surface area contributed by atoms with Crippen LogP contribution in [0.5, 0.6) is 0 Å². The van der Waals surface area contributed by atoms with Gasteiger partial charge in [-0.3, -0.25) is 4.79 Å². The fourth-order valence-electron chi connectivity index (χ4n) is 3.20. The Morgan fingerprint density at radius 2 is 1.66 bits per heavy atom. The van der Waals surface area contributed by atoms with E-state index in [9.17, 15) is 4.79 Å². The first-order valence-electron chi connectivity index (χ1n) is 9.98. The summed E-state index contributed by atoms with van der Waals surface area (Å²) in [5.74, 6) is -0.000776. The zero-order chi connectivity index (χ0) is 21.6. The molecule has 0 aliphatic rings. The molecule has 1 N–H and O–H groups in total. The third kappa shape index (κ3) is 5.25. The number of rotatable bonds is 5. The van der Waals surface area contributed by atoms with Gasteiger partial charge >= 0.3 is 0 Å². The van der Waals surface area contributed by atoms with Gasteiger partial charge in [0.1, 0.15) is 0 Å². The molecule has 3 rings (SSSR count). The molecule has 0 aliphatic heterocycles. The molecule has 1 amide bonds. The summed E-state index contributed by atoms with van der Waals surface area (Å²) in [6.07, 6.45) is 3.37. The van der Waals surface area contributed by atoms with E-state index < -0.39 is 0 Å². The lowest BCUT2D eigenvalue weighted by atomic mass is 9.96. The Morgan fingerprint density at radius 3 is 2.21 bits per heavy atom. The van der Waals surface area contributed by atoms with Gasteiger partial charge in [0.05, 0.1) is 18.6 Å². The van der Waals surface area contributed by atoms with Crippen LogP contribution in [0.2, 0.25) is 0 Å². The molecule has 5 heteroatoms. The highest BCUT2D eigenvalue weighted by atomic mass is 16.2. The van der Waals surface area contributed by atoms with Crippen LogP contribution < -0.4 is 4.90 Å². The Kier molecular flexibility index (Phi) is 7.59. The van der Waals surface area contributed by atoms with E-state index in [-0.39, 0.29) is 5.91 Å². The first-order valence-corrected chi connectivity index (χ1v) is 9.98. The Hall–Kier alpha value is -3.08. The smallest absolute Gasteiger partial charge is 0.254 e. The molecule has 5 nitrogen and oxygen atoms in total. The molecular formula is C24H32N4O. The number of H-pyrrole nitrogens is 1. The molecule has 0 saturated heterocycles. The van der Waals surface area contributed by atoms with Crippen molar-refractivity contribution in [3.05, 3.63) is 71.3 Å². The van der Waals surface area contributed by atoms with E-state index in [0.29, 0.717) is 6.54 Å². The van der Waals surface area contributed by atoms with Crippen LogP contribution in [0, 0.1) is 13.8 Å². The van der Waals surface area contributed by atoms with E-state index >= 15 is 0 Å². The van der Waals surface area contributed by atoms with Crippen molar-refractivity contribution in [1.29, 1.82) is 0 Å². The zero-order valence-corrected chi connectivity index (χ0v) is 18.6. The molecule has 29 heavy (non-hydrogen) atoms. The summed E-state index contributed by atoms with van der Waals surface area (Å²) >= 11 is 0. The molecule has 0 saturated carbocycles. The number of nitrogens with one attached hydrogen (secondary N) is 1. The van der Waals surface area contributed by atoms with Gasteiger partial charge in [-0.2, -0.15) is 0 Å². The average Bonchev–Trinajstić information content (AvgIpc) is 3.22. The molecule has 0 atom stereocenters. The first kappa shape index (κ1) is 22.2. The number of hydrogen-bond donors (Lipinski definition) is 1. The normalized spacial score (nSPS) is 10.2. The van der Waals surface area contributed by atoms with Crippen molar-refractivity contribution in [2.75, 3.05) is 26.0 Å². The molecule has 3 aromatic rings. The van der Waals surface area contributed by atoms with Crippen molar-refractivity contribution < 1.29 is 4.79 Å². The van der Waals surface area contributed by atoms with Gasteiger partial charge in [0.2, 0.25) is 0 Å². The van der Waals surface area contributed by atoms with E-state index in [1.165, 1.54) is 5.56 Å². The number of carbonyl (C=O) groups excluding carboxylic acids is 1. The zero-order valence-electron chi connectivity index (χ0n) is 18.6. The maximum absolute atomic E-state index is 13.2. The van der Waals surface area contributed by atoms with Gasteiger partial charge in [0.25, 0.3) is 5.91 Å². The van der Waals surface area contributed by atoms with Crippen LogP contribution in [-0.2, 0) is 6.54 Å². The summed E-state index contributed by atoms with van der Waals surface area (Å²) in [4.78, 5) is 24.0. The van der Waals surface area contributed by atoms with Crippen molar-refractivity contribution in [2.24, 2.45) is 0 Å². The van der Waals surface area contributed by atoms with Crippen LogP contribution >= 0.6 is 0 Å². The van der Waals surface area contributed by atoms with Crippen LogP contribution in [0.1, 0.15) is 41.0 Å². The van der Waals surface area contributed by atoms with Crippen LogP contribution in [0.4, 0.5) is 5.69 Å². The summed E-state index contributed by atoms with van der Waals surface area (Å²) < 4.78 is 0. The molecule has 154 valence electrons. The van der Waals surface area contributed by atoms with Crippen molar-refractivity contribution in [1.82, 2.24) is 14.9 Å². The highest BCUT2D eigenvalue weighted by Crippen LogP contribution is 2.31. The lowest BCUT2D eigenvalue weighted by Crippen LogP contribution is -2.27. The number of amides is 1. The lowest BCUT2D eigenvalue weighted by molar-refractivity contribution is 0.0783. The van der Waals surface area contributed by atoms with Gasteiger partial charge in [-0.1, -0.05) is 43.7 Å². The number of aromatic amines is 1. The predicted octanol–water partition coefficient (Wildman–Crippen LogP) is 5.06. The molecular weight excluding hydrogens is 360 g/mol. The summed E-state index contributed by atoms with van der Waals surface area (Å²) in [7, 11) is 5.82. The van der Waals surface area contributed by atoms with E-state index in [0.717, 1.165) is 33.6 Å².